The van der Waals surface area contributed by atoms with Crippen LogP contribution in [0.3, 0.4) is 0 Å². The van der Waals surface area contributed by atoms with Gasteiger partial charge in [-0.05, 0) is 49.9 Å². The number of halogens is 1. The minimum atomic E-state index is -0.772. The van der Waals surface area contributed by atoms with Crippen LogP contribution in [0, 0.1) is 5.82 Å². The molecule has 9 heteroatoms. The molecule has 2 heterocycles. The fourth-order valence-corrected chi connectivity index (χ4v) is 4.30. The van der Waals surface area contributed by atoms with Gasteiger partial charge in [0.2, 0.25) is 0 Å². The number of hydrogen-bond donors (Lipinski definition) is 4. The van der Waals surface area contributed by atoms with Gasteiger partial charge in [0.1, 0.15) is 5.82 Å². The number of hydrogen-bond acceptors (Lipinski definition) is 7. The highest BCUT2D eigenvalue weighted by Gasteiger charge is 2.24. The maximum atomic E-state index is 14.8. The number of rotatable bonds is 7. The Bertz CT molecular complexity index is 1180. The van der Waals surface area contributed by atoms with Crippen LogP contribution in [0.5, 0.6) is 0 Å². The van der Waals surface area contributed by atoms with Gasteiger partial charge in [0.05, 0.1) is 28.0 Å². The van der Waals surface area contributed by atoms with Gasteiger partial charge >= 0.3 is 0 Å². The lowest BCUT2D eigenvalue weighted by Crippen LogP contribution is -2.43. The van der Waals surface area contributed by atoms with Crippen LogP contribution in [0.15, 0.2) is 24.3 Å². The number of carbonyl (C=O) groups excluding carboxylic acids is 1. The van der Waals surface area contributed by atoms with Crippen molar-refractivity contribution in [2.75, 3.05) is 10.6 Å². The van der Waals surface area contributed by atoms with Crippen LogP contribution in [-0.2, 0) is 12.8 Å². The van der Waals surface area contributed by atoms with Gasteiger partial charge in [-0.1, -0.05) is 26.7 Å². The zero-order chi connectivity index (χ0) is 23.5. The summed E-state index contributed by atoms with van der Waals surface area (Å²) in [7, 11) is 0. The number of amides is 1. The van der Waals surface area contributed by atoms with Crippen LogP contribution in [-0.4, -0.2) is 32.9 Å². The molecule has 0 saturated heterocycles. The van der Waals surface area contributed by atoms with E-state index in [9.17, 15) is 9.18 Å². The minimum Gasteiger partial charge on any atom is -0.365 e. The molecule has 1 amide bonds. The Morgan fingerprint density at radius 1 is 1.03 bits per heavy atom. The third-order valence-electron chi connectivity index (χ3n) is 6.13. The number of nitrogens with zero attached hydrogens (tertiary/aromatic N) is 3. The SMILES string of the molecule is CCc1nc2ccc(Nc3nc(N[C@@H]4CCCC[C@@H]4N)c(F)cc3C(N)=O)cc2nc1CC. The van der Waals surface area contributed by atoms with Crippen molar-refractivity contribution in [1.82, 2.24) is 15.0 Å². The molecule has 1 saturated carbocycles. The summed E-state index contributed by atoms with van der Waals surface area (Å²) < 4.78 is 14.8. The maximum absolute atomic E-state index is 14.8. The van der Waals surface area contributed by atoms with Crippen LogP contribution in [0.2, 0.25) is 0 Å². The molecule has 1 aliphatic carbocycles. The molecule has 2 aromatic heterocycles. The third-order valence-corrected chi connectivity index (χ3v) is 6.13. The van der Waals surface area contributed by atoms with Crippen molar-refractivity contribution in [3.63, 3.8) is 0 Å². The first-order valence-electron chi connectivity index (χ1n) is 11.5. The van der Waals surface area contributed by atoms with E-state index < -0.39 is 11.7 Å². The molecule has 2 atom stereocenters. The largest absolute Gasteiger partial charge is 0.365 e. The number of nitrogens with one attached hydrogen (secondary N) is 2. The summed E-state index contributed by atoms with van der Waals surface area (Å²) >= 11 is 0. The molecule has 0 radical (unpaired) electrons. The number of aryl methyl sites for hydroxylation is 2. The van der Waals surface area contributed by atoms with Crippen molar-refractivity contribution >= 4 is 34.3 Å². The second kappa shape index (κ2) is 9.66. The number of aromatic nitrogens is 3. The highest BCUT2D eigenvalue weighted by molar-refractivity contribution is 5.98. The Kier molecular flexibility index (Phi) is 6.69. The maximum Gasteiger partial charge on any atom is 0.252 e. The Labute approximate surface area is 192 Å². The molecule has 33 heavy (non-hydrogen) atoms. The Balaban J connectivity index is 1.68. The fraction of sp³-hybridized carbons (Fsp3) is 0.417. The highest BCUT2D eigenvalue weighted by Crippen LogP contribution is 2.28. The number of pyridine rings is 1. The lowest BCUT2D eigenvalue weighted by Gasteiger charge is -2.30. The van der Waals surface area contributed by atoms with Crippen molar-refractivity contribution in [1.29, 1.82) is 0 Å². The normalized spacial score (nSPS) is 18.3. The van der Waals surface area contributed by atoms with Gasteiger partial charge in [0, 0.05) is 17.8 Å². The average Bonchev–Trinajstić information content (AvgIpc) is 2.81. The van der Waals surface area contributed by atoms with Gasteiger partial charge in [-0.2, -0.15) is 0 Å². The summed E-state index contributed by atoms with van der Waals surface area (Å²) in [4.78, 5) is 25.8. The van der Waals surface area contributed by atoms with E-state index >= 15 is 0 Å². The summed E-state index contributed by atoms with van der Waals surface area (Å²) in [6.45, 7) is 4.10. The molecule has 1 aliphatic rings. The lowest BCUT2D eigenvalue weighted by atomic mass is 9.91. The predicted molar refractivity (Wildman–Crippen MR) is 128 cm³/mol. The highest BCUT2D eigenvalue weighted by atomic mass is 19.1. The van der Waals surface area contributed by atoms with Crippen molar-refractivity contribution in [2.24, 2.45) is 11.5 Å². The van der Waals surface area contributed by atoms with Gasteiger partial charge in [-0.15, -0.1) is 0 Å². The molecule has 0 bridgehead atoms. The van der Waals surface area contributed by atoms with E-state index in [0.29, 0.717) is 5.69 Å². The molecule has 0 unspecified atom stereocenters. The first kappa shape index (κ1) is 22.8. The van der Waals surface area contributed by atoms with E-state index in [2.05, 4.69) is 22.5 Å². The predicted octanol–water partition coefficient (Wildman–Crippen LogP) is 3.81. The molecule has 1 aromatic carbocycles. The van der Waals surface area contributed by atoms with Crippen molar-refractivity contribution < 1.29 is 9.18 Å². The van der Waals surface area contributed by atoms with Crippen LogP contribution in [0.4, 0.5) is 21.7 Å². The van der Waals surface area contributed by atoms with E-state index in [4.69, 9.17) is 21.4 Å². The zero-order valence-corrected chi connectivity index (χ0v) is 19.0. The second-order valence-electron chi connectivity index (χ2n) is 8.43. The molecule has 174 valence electrons. The van der Waals surface area contributed by atoms with Gasteiger partial charge < -0.3 is 22.1 Å². The van der Waals surface area contributed by atoms with Gasteiger partial charge in [0.15, 0.2) is 11.6 Å². The van der Waals surface area contributed by atoms with E-state index in [0.717, 1.165) is 67.0 Å². The first-order valence-corrected chi connectivity index (χ1v) is 11.5. The number of carbonyl (C=O) groups is 1. The molecule has 1 fully saturated rings. The van der Waals surface area contributed by atoms with Crippen LogP contribution >= 0.6 is 0 Å². The van der Waals surface area contributed by atoms with Crippen LogP contribution in [0.25, 0.3) is 11.0 Å². The molecular formula is C24H30FN7O. The van der Waals surface area contributed by atoms with Gasteiger partial charge in [0.25, 0.3) is 5.91 Å². The quantitative estimate of drug-likeness (QED) is 0.429. The zero-order valence-electron chi connectivity index (χ0n) is 19.0. The van der Waals surface area contributed by atoms with E-state index in [1.54, 1.807) is 0 Å². The number of anilines is 3. The summed E-state index contributed by atoms with van der Waals surface area (Å²) in [6.07, 6.45) is 5.40. The monoisotopic (exact) mass is 451 g/mol. The van der Waals surface area contributed by atoms with Gasteiger partial charge in [-0.3, -0.25) is 4.79 Å². The summed E-state index contributed by atoms with van der Waals surface area (Å²) in [5.41, 5.74) is 15.8. The van der Waals surface area contributed by atoms with Crippen LogP contribution < -0.4 is 22.1 Å². The third kappa shape index (κ3) is 4.88. The molecule has 8 nitrogen and oxygen atoms in total. The molecule has 0 spiro atoms. The lowest BCUT2D eigenvalue weighted by molar-refractivity contribution is 0.100. The average molecular weight is 452 g/mol. The molecular weight excluding hydrogens is 421 g/mol. The Hall–Kier alpha value is -3.33. The van der Waals surface area contributed by atoms with E-state index in [1.807, 2.05) is 25.1 Å². The number of fused-ring (bicyclic) bond motifs is 1. The Morgan fingerprint density at radius 3 is 2.39 bits per heavy atom. The molecule has 3 aromatic rings. The minimum absolute atomic E-state index is 0.0345. The second-order valence-corrected chi connectivity index (χ2v) is 8.43. The van der Waals surface area contributed by atoms with Crippen molar-refractivity contribution in [3.05, 3.63) is 47.0 Å². The fourth-order valence-electron chi connectivity index (χ4n) is 4.30. The van der Waals surface area contributed by atoms with Gasteiger partial charge in [-0.25, -0.2) is 19.3 Å². The number of benzene rings is 1. The molecule has 0 aliphatic heterocycles. The van der Waals surface area contributed by atoms with Crippen molar-refractivity contribution in [3.8, 4) is 0 Å². The smallest absolute Gasteiger partial charge is 0.252 e. The Morgan fingerprint density at radius 2 is 1.73 bits per heavy atom. The summed E-state index contributed by atoms with van der Waals surface area (Å²) in [6, 6.07) is 6.47. The van der Waals surface area contributed by atoms with Crippen molar-refractivity contribution in [2.45, 2.75) is 64.5 Å². The first-order chi connectivity index (χ1) is 15.9. The van der Waals surface area contributed by atoms with E-state index in [1.165, 1.54) is 0 Å². The van der Waals surface area contributed by atoms with Crippen LogP contribution in [0.1, 0.15) is 61.3 Å². The van der Waals surface area contributed by atoms with E-state index in [-0.39, 0.29) is 29.3 Å². The summed E-state index contributed by atoms with van der Waals surface area (Å²) in [5, 5.41) is 6.23. The summed E-state index contributed by atoms with van der Waals surface area (Å²) in [5.74, 6) is -1.20. The number of primary amides is 1. The topological polar surface area (TPSA) is 132 Å². The molecule has 4 rings (SSSR count). The standard InChI is InChI=1S/C24H30FN7O/c1-3-17-18(4-2)30-21-11-13(9-10-20(21)29-17)28-23-14(22(27)33)12-15(25)24(32-23)31-19-8-6-5-7-16(19)26/h9-12,16,19H,3-8,26H2,1-2H3,(H2,27,33)(H2,28,31,32)/t16-,19+/m0/s1. The number of nitrogens with two attached hydrogens (primary N) is 2. The molecule has 6 N–H and O–H groups in total.